The minimum atomic E-state index is -4.30. The van der Waals surface area contributed by atoms with E-state index >= 15 is 0 Å². The lowest BCUT2D eigenvalue weighted by Gasteiger charge is -2.44. The lowest BCUT2D eigenvalue weighted by Crippen LogP contribution is -2.55. The summed E-state index contributed by atoms with van der Waals surface area (Å²) >= 11 is 0. The number of aryl methyl sites for hydroxylation is 1. The molecule has 8 heteroatoms. The van der Waals surface area contributed by atoms with Gasteiger partial charge in [-0.2, -0.15) is 18.3 Å². The van der Waals surface area contributed by atoms with E-state index < -0.39 is 11.7 Å². The Morgan fingerprint density at radius 1 is 1.09 bits per heavy atom. The zero-order chi connectivity index (χ0) is 22.7. The van der Waals surface area contributed by atoms with Gasteiger partial charge in [-0.1, -0.05) is 13.0 Å². The van der Waals surface area contributed by atoms with E-state index in [2.05, 4.69) is 38.3 Å². The molecule has 2 aliphatic heterocycles. The summed E-state index contributed by atoms with van der Waals surface area (Å²) in [6.07, 6.45) is 1.17. The van der Waals surface area contributed by atoms with Crippen LogP contribution in [0.2, 0.25) is 0 Å². The van der Waals surface area contributed by atoms with E-state index in [9.17, 15) is 13.2 Å². The number of anilines is 1. The van der Waals surface area contributed by atoms with Gasteiger partial charge in [-0.25, -0.2) is 0 Å². The molecule has 2 aliphatic rings. The Kier molecular flexibility index (Phi) is 7.10. The second kappa shape index (κ2) is 9.83. The van der Waals surface area contributed by atoms with Crippen molar-refractivity contribution >= 4 is 5.69 Å². The normalized spacial score (nSPS) is 21.3. The number of rotatable bonds is 6. The van der Waals surface area contributed by atoms with E-state index in [4.69, 9.17) is 0 Å². The molecule has 5 nitrogen and oxygen atoms in total. The quantitative estimate of drug-likeness (QED) is 0.653. The van der Waals surface area contributed by atoms with Crippen molar-refractivity contribution in [1.82, 2.24) is 19.6 Å². The number of piperazine rings is 1. The highest BCUT2D eigenvalue weighted by molar-refractivity contribution is 5.49. The Bertz CT molecular complexity index is 886. The van der Waals surface area contributed by atoms with E-state index in [-0.39, 0.29) is 0 Å². The van der Waals surface area contributed by atoms with Gasteiger partial charge >= 0.3 is 6.18 Å². The van der Waals surface area contributed by atoms with Crippen molar-refractivity contribution in [3.8, 4) is 0 Å². The van der Waals surface area contributed by atoms with E-state index in [1.54, 1.807) is 6.07 Å². The van der Waals surface area contributed by atoms with Gasteiger partial charge in [-0.3, -0.25) is 14.5 Å². The Hall–Kier alpha value is -2.06. The van der Waals surface area contributed by atoms with Crippen LogP contribution in [0.4, 0.5) is 18.9 Å². The molecule has 2 saturated heterocycles. The molecule has 0 amide bonds. The van der Waals surface area contributed by atoms with E-state index in [1.807, 2.05) is 6.20 Å². The summed E-state index contributed by atoms with van der Waals surface area (Å²) < 4.78 is 41.3. The van der Waals surface area contributed by atoms with Crippen LogP contribution in [0.1, 0.15) is 43.0 Å². The second-order valence-corrected chi connectivity index (χ2v) is 9.08. The number of piperidine rings is 1. The Morgan fingerprint density at radius 3 is 2.59 bits per heavy atom. The summed E-state index contributed by atoms with van der Waals surface area (Å²) in [7, 11) is 0. The smallest absolute Gasteiger partial charge is 0.369 e. The molecule has 0 N–H and O–H groups in total. The Labute approximate surface area is 188 Å². The molecule has 0 radical (unpaired) electrons. The van der Waals surface area contributed by atoms with Crippen molar-refractivity contribution < 1.29 is 13.2 Å². The number of likely N-dealkylation sites (tertiary alicyclic amines) is 1. The first kappa shape index (κ1) is 23.1. The van der Waals surface area contributed by atoms with Gasteiger partial charge in [0.05, 0.1) is 11.8 Å². The highest BCUT2D eigenvalue weighted by Gasteiger charge is 2.32. The second-order valence-electron chi connectivity index (χ2n) is 9.08. The minimum Gasteiger partial charge on any atom is -0.369 e. The van der Waals surface area contributed by atoms with Crippen molar-refractivity contribution in [1.29, 1.82) is 0 Å². The molecule has 0 bridgehead atoms. The van der Waals surface area contributed by atoms with Crippen LogP contribution < -0.4 is 4.90 Å². The monoisotopic (exact) mass is 449 g/mol. The van der Waals surface area contributed by atoms with Crippen LogP contribution >= 0.6 is 0 Å². The molecule has 2 aromatic rings. The molecule has 0 saturated carbocycles. The van der Waals surface area contributed by atoms with Crippen LogP contribution in [0.15, 0.2) is 30.5 Å². The number of halogens is 3. The zero-order valence-corrected chi connectivity index (χ0v) is 19.1. The first-order valence-electron chi connectivity index (χ1n) is 11.7. The highest BCUT2D eigenvalue weighted by Crippen LogP contribution is 2.32. The number of aromatic nitrogens is 2. The number of alkyl halides is 3. The average molecular weight is 450 g/mol. The molecule has 4 rings (SSSR count). The predicted molar refractivity (Wildman–Crippen MR) is 121 cm³/mol. The fraction of sp³-hybridized carbons (Fsp3) is 0.625. The molecule has 1 unspecified atom stereocenters. The predicted octanol–water partition coefficient (Wildman–Crippen LogP) is 4.41. The first-order chi connectivity index (χ1) is 15.3. The van der Waals surface area contributed by atoms with Gasteiger partial charge in [-0.15, -0.1) is 0 Å². The van der Waals surface area contributed by atoms with Crippen molar-refractivity contribution in [3.05, 3.63) is 47.3 Å². The third-order valence-electron chi connectivity index (χ3n) is 6.88. The van der Waals surface area contributed by atoms with Crippen molar-refractivity contribution in [3.63, 3.8) is 0 Å². The van der Waals surface area contributed by atoms with Gasteiger partial charge in [-0.05, 0) is 50.9 Å². The highest BCUT2D eigenvalue weighted by atomic mass is 19.4. The first-order valence-corrected chi connectivity index (χ1v) is 11.7. The van der Waals surface area contributed by atoms with Crippen LogP contribution in [0.3, 0.4) is 0 Å². The fourth-order valence-corrected chi connectivity index (χ4v) is 5.02. The summed E-state index contributed by atoms with van der Waals surface area (Å²) in [5, 5.41) is 4.54. The molecule has 1 aromatic carbocycles. The van der Waals surface area contributed by atoms with Gasteiger partial charge < -0.3 is 4.90 Å². The minimum absolute atomic E-state index is 0.512. The van der Waals surface area contributed by atoms with Gasteiger partial charge in [0.15, 0.2) is 0 Å². The molecular formula is C24H34F3N5. The lowest BCUT2D eigenvalue weighted by molar-refractivity contribution is -0.137. The standard InChI is InChI=1S/C24H34F3N5/c1-3-9-32-19(2)20(16-28-32)17-29-10-5-8-23(18-29)31-13-11-30(12-14-31)22-7-4-6-21(15-22)24(25,26)27/h4,6-7,15-16,23H,3,5,8-14,17-18H2,1-2H3. The van der Waals surface area contributed by atoms with E-state index in [1.165, 1.54) is 36.2 Å². The molecule has 1 aromatic heterocycles. The molecule has 0 aliphatic carbocycles. The Balaban J connectivity index is 1.32. The molecule has 3 heterocycles. The fourth-order valence-electron chi connectivity index (χ4n) is 5.02. The van der Waals surface area contributed by atoms with Crippen molar-refractivity contribution in [2.45, 2.75) is 58.4 Å². The van der Waals surface area contributed by atoms with Crippen LogP contribution in [-0.4, -0.2) is 64.9 Å². The van der Waals surface area contributed by atoms with Crippen LogP contribution in [0.25, 0.3) is 0 Å². The third kappa shape index (κ3) is 5.29. The summed E-state index contributed by atoms with van der Waals surface area (Å²) in [6.45, 7) is 11.7. The van der Waals surface area contributed by atoms with Gasteiger partial charge in [0.2, 0.25) is 0 Å². The third-order valence-corrected chi connectivity index (χ3v) is 6.88. The molecular weight excluding hydrogens is 415 g/mol. The van der Waals surface area contributed by atoms with Crippen molar-refractivity contribution in [2.75, 3.05) is 44.2 Å². The molecule has 2 fully saturated rings. The maximum absolute atomic E-state index is 13.1. The number of hydrogen-bond acceptors (Lipinski definition) is 4. The molecule has 176 valence electrons. The van der Waals surface area contributed by atoms with Crippen LogP contribution in [0.5, 0.6) is 0 Å². The van der Waals surface area contributed by atoms with Crippen molar-refractivity contribution in [2.24, 2.45) is 0 Å². The van der Waals surface area contributed by atoms with Gasteiger partial charge in [0.25, 0.3) is 0 Å². The summed E-state index contributed by atoms with van der Waals surface area (Å²) in [5.74, 6) is 0. The topological polar surface area (TPSA) is 27.5 Å². The molecule has 0 spiro atoms. The molecule has 1 atom stereocenters. The maximum Gasteiger partial charge on any atom is 0.416 e. The average Bonchev–Trinajstić information content (AvgIpc) is 3.13. The number of benzene rings is 1. The zero-order valence-electron chi connectivity index (χ0n) is 19.1. The van der Waals surface area contributed by atoms with E-state index in [0.717, 1.165) is 64.8 Å². The Morgan fingerprint density at radius 2 is 1.88 bits per heavy atom. The summed E-state index contributed by atoms with van der Waals surface area (Å²) in [5.41, 5.74) is 2.68. The van der Waals surface area contributed by atoms with Gasteiger partial charge in [0.1, 0.15) is 0 Å². The van der Waals surface area contributed by atoms with Crippen LogP contribution in [0, 0.1) is 6.92 Å². The van der Waals surface area contributed by atoms with E-state index in [0.29, 0.717) is 11.7 Å². The molecule has 32 heavy (non-hydrogen) atoms. The number of hydrogen-bond donors (Lipinski definition) is 0. The number of nitrogens with zero attached hydrogens (tertiary/aromatic N) is 5. The SMILES string of the molecule is CCCn1ncc(CN2CCCC(N3CCN(c4cccc(C(F)(F)F)c4)CC3)C2)c1C. The summed E-state index contributed by atoms with van der Waals surface area (Å²) in [6, 6.07) is 6.23. The van der Waals surface area contributed by atoms with Crippen LogP contribution in [-0.2, 0) is 19.3 Å². The lowest BCUT2D eigenvalue weighted by atomic mass is 10.0. The maximum atomic E-state index is 13.1. The summed E-state index contributed by atoms with van der Waals surface area (Å²) in [4.78, 5) is 7.15. The largest absolute Gasteiger partial charge is 0.416 e. The van der Waals surface area contributed by atoms with Gasteiger partial charge in [0, 0.05) is 68.8 Å².